The van der Waals surface area contributed by atoms with Gasteiger partial charge >= 0.3 is 0 Å². The van der Waals surface area contributed by atoms with E-state index < -0.39 is 9.73 Å². The Bertz CT molecular complexity index is 1180. The number of nitrogens with zero attached hydrogens (tertiary/aromatic N) is 4. The predicted octanol–water partition coefficient (Wildman–Crippen LogP) is 3.57. The van der Waals surface area contributed by atoms with Crippen LogP contribution in [0.15, 0.2) is 41.2 Å². The van der Waals surface area contributed by atoms with Gasteiger partial charge in [0.2, 0.25) is 5.88 Å². The molecule has 3 aromatic rings. The Morgan fingerprint density at radius 3 is 2.90 bits per heavy atom. The van der Waals surface area contributed by atoms with Crippen molar-refractivity contribution in [2.45, 2.75) is 25.9 Å². The van der Waals surface area contributed by atoms with Gasteiger partial charge in [-0.25, -0.2) is 19.2 Å². The van der Waals surface area contributed by atoms with E-state index in [1.807, 2.05) is 31.2 Å². The van der Waals surface area contributed by atoms with Crippen LogP contribution in [0.4, 0.5) is 17.2 Å². The summed E-state index contributed by atoms with van der Waals surface area (Å²) in [5.74, 6) is 1.22. The molecular formula is C21H26N6O2S. The van der Waals surface area contributed by atoms with Crippen LogP contribution in [0.3, 0.4) is 0 Å². The fourth-order valence-electron chi connectivity index (χ4n) is 3.56. The molecule has 1 fully saturated rings. The second-order valence-electron chi connectivity index (χ2n) is 7.72. The molecule has 158 valence electrons. The van der Waals surface area contributed by atoms with E-state index in [-0.39, 0.29) is 6.10 Å². The summed E-state index contributed by atoms with van der Waals surface area (Å²) in [6.07, 6.45) is 8.65. The summed E-state index contributed by atoms with van der Waals surface area (Å²) < 4.78 is 22.5. The highest BCUT2D eigenvalue weighted by Crippen LogP contribution is 2.32. The number of nitrogens with one attached hydrogen (secondary N) is 2. The van der Waals surface area contributed by atoms with Crippen molar-refractivity contribution in [1.82, 2.24) is 20.3 Å². The standard InChI is InChI=1S/C21H26N6O2S/c1-14-10-15(27-30(2,3)28)11-18-19(14)20(25-13-24-18)26-17-7-5-9-23-21(17)29-16-6-4-8-22-12-16/h5,7,9-11,13,16,22H,4,6,8,12H2,1-3H3,(H,24,25,26)/t16-/m1/s1. The maximum Gasteiger partial charge on any atom is 0.238 e. The van der Waals surface area contributed by atoms with E-state index in [1.54, 1.807) is 18.7 Å². The monoisotopic (exact) mass is 426 g/mol. The summed E-state index contributed by atoms with van der Waals surface area (Å²) in [7, 11) is -2.25. The molecule has 2 aromatic heterocycles. The first-order valence-corrected chi connectivity index (χ1v) is 12.2. The van der Waals surface area contributed by atoms with E-state index in [9.17, 15) is 4.21 Å². The topological polar surface area (TPSA) is 101 Å². The normalized spacial score (nSPS) is 17.0. The molecule has 0 unspecified atom stereocenters. The zero-order valence-electron chi connectivity index (χ0n) is 17.4. The lowest BCUT2D eigenvalue weighted by Gasteiger charge is -2.24. The third kappa shape index (κ3) is 4.85. The molecule has 0 spiro atoms. The average molecular weight is 427 g/mol. The van der Waals surface area contributed by atoms with Gasteiger partial charge in [-0.1, -0.05) is 0 Å². The molecule has 9 heteroatoms. The number of aryl methyl sites for hydroxylation is 1. The van der Waals surface area contributed by atoms with Crippen molar-refractivity contribution in [1.29, 1.82) is 0 Å². The largest absolute Gasteiger partial charge is 0.472 e. The van der Waals surface area contributed by atoms with Crippen LogP contribution in [0.25, 0.3) is 10.9 Å². The van der Waals surface area contributed by atoms with E-state index >= 15 is 0 Å². The first-order chi connectivity index (χ1) is 14.4. The van der Waals surface area contributed by atoms with Crippen LogP contribution >= 0.6 is 0 Å². The number of pyridine rings is 1. The van der Waals surface area contributed by atoms with Crippen molar-refractivity contribution >= 4 is 37.8 Å². The molecular weight excluding hydrogens is 400 g/mol. The second-order valence-corrected chi connectivity index (χ2v) is 10.3. The maximum absolute atomic E-state index is 12.1. The van der Waals surface area contributed by atoms with Crippen molar-refractivity contribution < 1.29 is 8.95 Å². The highest BCUT2D eigenvalue weighted by Gasteiger charge is 2.18. The van der Waals surface area contributed by atoms with E-state index in [4.69, 9.17) is 4.74 Å². The van der Waals surface area contributed by atoms with Crippen LogP contribution in [-0.4, -0.2) is 50.9 Å². The SMILES string of the molecule is Cc1cc(N=S(C)(C)=O)cc2ncnc(Nc3cccnc3O[C@@H]3CCCNC3)c12. The van der Waals surface area contributed by atoms with Gasteiger partial charge in [0.15, 0.2) is 0 Å². The van der Waals surface area contributed by atoms with Gasteiger partial charge in [0.1, 0.15) is 23.9 Å². The van der Waals surface area contributed by atoms with Gasteiger partial charge in [-0.2, -0.15) is 4.36 Å². The van der Waals surface area contributed by atoms with Crippen LogP contribution in [0.1, 0.15) is 18.4 Å². The minimum Gasteiger partial charge on any atom is -0.472 e. The Labute approximate surface area is 176 Å². The van der Waals surface area contributed by atoms with Gasteiger partial charge in [-0.05, 0) is 56.1 Å². The number of rotatable bonds is 5. The predicted molar refractivity (Wildman–Crippen MR) is 120 cm³/mol. The van der Waals surface area contributed by atoms with Crippen molar-refractivity contribution in [3.05, 3.63) is 42.4 Å². The molecule has 0 aliphatic carbocycles. The Morgan fingerprint density at radius 2 is 2.13 bits per heavy atom. The van der Waals surface area contributed by atoms with E-state index in [0.717, 1.165) is 48.1 Å². The molecule has 0 bridgehead atoms. The van der Waals surface area contributed by atoms with Gasteiger partial charge in [0, 0.05) is 40.4 Å². The number of hydrogen-bond acceptors (Lipinski definition) is 8. The van der Waals surface area contributed by atoms with Crippen LogP contribution in [0.5, 0.6) is 5.88 Å². The molecule has 30 heavy (non-hydrogen) atoms. The number of aromatic nitrogens is 3. The number of ether oxygens (including phenoxy) is 1. The third-order valence-electron chi connectivity index (χ3n) is 4.80. The summed E-state index contributed by atoms with van der Waals surface area (Å²) in [4.78, 5) is 13.3. The van der Waals surface area contributed by atoms with Crippen LogP contribution in [0, 0.1) is 6.92 Å². The first kappa shape index (κ1) is 20.5. The molecule has 1 aliphatic heterocycles. The highest BCUT2D eigenvalue weighted by atomic mass is 32.2. The Morgan fingerprint density at radius 1 is 1.27 bits per heavy atom. The van der Waals surface area contributed by atoms with E-state index in [0.29, 0.717) is 17.4 Å². The maximum atomic E-state index is 12.1. The Kier molecular flexibility index (Phi) is 5.83. The smallest absolute Gasteiger partial charge is 0.238 e. The van der Waals surface area contributed by atoms with Crippen LogP contribution in [0.2, 0.25) is 0 Å². The molecule has 0 amide bonds. The quantitative estimate of drug-likeness (QED) is 0.643. The van der Waals surface area contributed by atoms with Gasteiger partial charge in [0.05, 0.1) is 11.2 Å². The lowest BCUT2D eigenvalue weighted by Crippen LogP contribution is -2.37. The number of fused-ring (bicyclic) bond motifs is 1. The Hall–Kier alpha value is -2.78. The minimum atomic E-state index is -2.25. The summed E-state index contributed by atoms with van der Waals surface area (Å²) >= 11 is 0. The van der Waals surface area contributed by atoms with Crippen LogP contribution < -0.4 is 15.4 Å². The molecule has 0 radical (unpaired) electrons. The fourth-order valence-corrected chi connectivity index (χ4v) is 4.17. The van der Waals surface area contributed by atoms with E-state index in [2.05, 4.69) is 29.9 Å². The van der Waals surface area contributed by atoms with Crippen molar-refractivity contribution in [3.63, 3.8) is 0 Å². The number of piperidine rings is 1. The molecule has 3 heterocycles. The average Bonchev–Trinajstić information content (AvgIpc) is 2.69. The zero-order valence-corrected chi connectivity index (χ0v) is 18.2. The highest BCUT2D eigenvalue weighted by molar-refractivity contribution is 7.92. The third-order valence-corrected chi connectivity index (χ3v) is 5.45. The minimum absolute atomic E-state index is 0.0974. The van der Waals surface area contributed by atoms with E-state index in [1.165, 1.54) is 6.33 Å². The molecule has 1 aliphatic rings. The second kappa shape index (κ2) is 8.53. The summed E-state index contributed by atoms with van der Waals surface area (Å²) in [6, 6.07) is 7.52. The molecule has 8 nitrogen and oxygen atoms in total. The number of anilines is 2. The van der Waals surface area contributed by atoms with Gasteiger partial charge in [-0.15, -0.1) is 0 Å². The zero-order chi connectivity index (χ0) is 21.1. The summed E-state index contributed by atoms with van der Waals surface area (Å²) in [6.45, 7) is 3.81. The van der Waals surface area contributed by atoms with Gasteiger partial charge < -0.3 is 15.4 Å². The molecule has 0 saturated carbocycles. The van der Waals surface area contributed by atoms with Crippen molar-refractivity contribution in [2.24, 2.45) is 4.36 Å². The fraction of sp³-hybridized carbons (Fsp3) is 0.381. The lowest BCUT2D eigenvalue weighted by atomic mass is 10.1. The number of hydrogen-bond donors (Lipinski definition) is 2. The van der Waals surface area contributed by atoms with Crippen LogP contribution in [-0.2, 0) is 9.73 Å². The van der Waals surface area contributed by atoms with Crippen molar-refractivity contribution in [3.8, 4) is 5.88 Å². The van der Waals surface area contributed by atoms with Crippen molar-refractivity contribution in [2.75, 3.05) is 30.9 Å². The molecule has 4 rings (SSSR count). The number of benzene rings is 1. The summed E-state index contributed by atoms with van der Waals surface area (Å²) in [5, 5.41) is 7.60. The Balaban J connectivity index is 1.69. The first-order valence-electron chi connectivity index (χ1n) is 9.91. The molecule has 2 N–H and O–H groups in total. The molecule has 1 atom stereocenters. The lowest BCUT2D eigenvalue weighted by molar-refractivity contribution is 0.161. The summed E-state index contributed by atoms with van der Waals surface area (Å²) in [5.41, 5.74) is 3.08. The van der Waals surface area contributed by atoms with Gasteiger partial charge in [-0.3, -0.25) is 0 Å². The molecule has 1 aromatic carbocycles. The molecule has 1 saturated heterocycles. The van der Waals surface area contributed by atoms with Gasteiger partial charge in [0.25, 0.3) is 0 Å².